The second-order valence-corrected chi connectivity index (χ2v) is 5.79. The fraction of sp³-hybridized carbons (Fsp3) is 0.647. The summed E-state index contributed by atoms with van der Waals surface area (Å²) in [5.41, 5.74) is 1.50. The van der Waals surface area contributed by atoms with Crippen molar-refractivity contribution >= 4 is 0 Å². The van der Waals surface area contributed by atoms with Crippen molar-refractivity contribution in [2.45, 2.75) is 31.7 Å². The largest absolute Gasteiger partial charge is 0.385 e. The summed E-state index contributed by atoms with van der Waals surface area (Å²) in [5, 5.41) is 3.53. The van der Waals surface area contributed by atoms with E-state index in [0.717, 1.165) is 26.1 Å². The van der Waals surface area contributed by atoms with Crippen LogP contribution in [0.5, 0.6) is 0 Å². The van der Waals surface area contributed by atoms with Crippen molar-refractivity contribution in [1.29, 1.82) is 0 Å². The summed E-state index contributed by atoms with van der Waals surface area (Å²) in [6.07, 6.45) is 2.38. The molecule has 1 N–H and O–H groups in total. The van der Waals surface area contributed by atoms with E-state index >= 15 is 0 Å². The van der Waals surface area contributed by atoms with Crippen LogP contribution in [0.4, 0.5) is 0 Å². The van der Waals surface area contributed by atoms with E-state index in [2.05, 4.69) is 47.5 Å². The highest BCUT2D eigenvalue weighted by Gasteiger charge is 2.26. The van der Waals surface area contributed by atoms with Crippen molar-refractivity contribution in [3.05, 3.63) is 35.9 Å². The van der Waals surface area contributed by atoms with Gasteiger partial charge in [0, 0.05) is 32.8 Å². The Hall–Kier alpha value is -0.900. The Morgan fingerprint density at radius 3 is 2.90 bits per heavy atom. The zero-order valence-electron chi connectivity index (χ0n) is 12.8. The predicted molar refractivity (Wildman–Crippen MR) is 84.2 cm³/mol. The summed E-state index contributed by atoms with van der Waals surface area (Å²) in [4.78, 5) is 2.61. The number of methoxy groups -OCH3 is 1. The van der Waals surface area contributed by atoms with E-state index in [1.807, 2.05) is 0 Å². The van der Waals surface area contributed by atoms with Crippen LogP contribution >= 0.6 is 0 Å². The number of ether oxygens (including phenoxy) is 1. The van der Waals surface area contributed by atoms with Crippen LogP contribution in [0.3, 0.4) is 0 Å². The number of benzene rings is 1. The number of hydrogen-bond acceptors (Lipinski definition) is 3. The molecule has 1 aliphatic heterocycles. The second kappa shape index (κ2) is 8.40. The van der Waals surface area contributed by atoms with Crippen molar-refractivity contribution in [2.75, 3.05) is 39.9 Å². The summed E-state index contributed by atoms with van der Waals surface area (Å²) < 4.78 is 5.06. The molecule has 1 heterocycles. The lowest BCUT2D eigenvalue weighted by Gasteiger charge is -2.24. The standard InChI is InChI=1S/C17H28N2O/c1-15(13-18-10-6-12-20-2)19-11-9-17(14-19)16-7-4-3-5-8-16/h3-5,7-8,15,17-18H,6,9-14H2,1-2H3. The smallest absolute Gasteiger partial charge is 0.0474 e. The van der Waals surface area contributed by atoms with Gasteiger partial charge in [0.25, 0.3) is 0 Å². The minimum absolute atomic E-state index is 0.617. The predicted octanol–water partition coefficient (Wildman–Crippen LogP) is 2.49. The van der Waals surface area contributed by atoms with Gasteiger partial charge in [0.2, 0.25) is 0 Å². The maximum atomic E-state index is 5.06. The Labute approximate surface area is 123 Å². The highest BCUT2D eigenvalue weighted by Crippen LogP contribution is 2.27. The second-order valence-electron chi connectivity index (χ2n) is 5.79. The molecule has 0 spiro atoms. The Morgan fingerprint density at radius 2 is 2.15 bits per heavy atom. The first-order valence-corrected chi connectivity index (χ1v) is 7.80. The van der Waals surface area contributed by atoms with Gasteiger partial charge in [-0.15, -0.1) is 0 Å². The van der Waals surface area contributed by atoms with E-state index in [1.54, 1.807) is 7.11 Å². The lowest BCUT2D eigenvalue weighted by molar-refractivity contribution is 0.192. The van der Waals surface area contributed by atoms with Gasteiger partial charge in [0.1, 0.15) is 0 Å². The van der Waals surface area contributed by atoms with Gasteiger partial charge >= 0.3 is 0 Å². The summed E-state index contributed by atoms with van der Waals surface area (Å²) >= 11 is 0. The molecule has 1 aromatic rings. The molecule has 0 saturated carbocycles. The molecule has 0 aliphatic carbocycles. The molecule has 0 radical (unpaired) electrons. The molecule has 2 rings (SSSR count). The first-order chi connectivity index (χ1) is 9.81. The number of hydrogen-bond donors (Lipinski definition) is 1. The topological polar surface area (TPSA) is 24.5 Å². The van der Waals surface area contributed by atoms with Crippen LogP contribution in [-0.2, 0) is 4.74 Å². The maximum absolute atomic E-state index is 5.06. The Morgan fingerprint density at radius 1 is 1.35 bits per heavy atom. The van der Waals surface area contributed by atoms with Crippen LogP contribution in [0.2, 0.25) is 0 Å². The van der Waals surface area contributed by atoms with Gasteiger partial charge in [0.05, 0.1) is 0 Å². The summed E-state index contributed by atoms with van der Waals surface area (Å²) in [6.45, 7) is 7.72. The molecule has 3 nitrogen and oxygen atoms in total. The highest BCUT2D eigenvalue weighted by molar-refractivity contribution is 5.21. The van der Waals surface area contributed by atoms with Gasteiger partial charge in [-0.25, -0.2) is 0 Å². The van der Waals surface area contributed by atoms with Crippen LogP contribution in [0.25, 0.3) is 0 Å². The molecule has 3 heteroatoms. The third-order valence-corrected chi connectivity index (χ3v) is 4.26. The number of nitrogens with zero attached hydrogens (tertiary/aromatic N) is 1. The monoisotopic (exact) mass is 276 g/mol. The fourth-order valence-corrected chi connectivity index (χ4v) is 2.97. The fourth-order valence-electron chi connectivity index (χ4n) is 2.97. The maximum Gasteiger partial charge on any atom is 0.0474 e. The Bertz CT molecular complexity index is 369. The van der Waals surface area contributed by atoms with E-state index in [1.165, 1.54) is 25.1 Å². The van der Waals surface area contributed by atoms with Crippen molar-refractivity contribution < 1.29 is 4.74 Å². The molecule has 1 aliphatic rings. The summed E-state index contributed by atoms with van der Waals surface area (Å²) in [6, 6.07) is 11.6. The van der Waals surface area contributed by atoms with Gasteiger partial charge in [-0.3, -0.25) is 4.90 Å². The quantitative estimate of drug-likeness (QED) is 0.738. The van der Waals surface area contributed by atoms with E-state index in [4.69, 9.17) is 4.74 Å². The molecule has 0 amide bonds. The molecule has 1 saturated heterocycles. The van der Waals surface area contributed by atoms with Crippen LogP contribution in [0.1, 0.15) is 31.2 Å². The zero-order chi connectivity index (χ0) is 14.2. The molecular weight excluding hydrogens is 248 g/mol. The van der Waals surface area contributed by atoms with Crippen LogP contribution < -0.4 is 5.32 Å². The average Bonchev–Trinajstić information content (AvgIpc) is 2.98. The SMILES string of the molecule is COCCCNCC(C)N1CCC(c2ccccc2)C1. The van der Waals surface area contributed by atoms with Crippen molar-refractivity contribution in [1.82, 2.24) is 10.2 Å². The molecule has 0 aromatic heterocycles. The van der Waals surface area contributed by atoms with Crippen LogP contribution in [-0.4, -0.2) is 50.8 Å². The van der Waals surface area contributed by atoms with E-state index in [-0.39, 0.29) is 0 Å². The van der Waals surface area contributed by atoms with Gasteiger partial charge < -0.3 is 10.1 Å². The van der Waals surface area contributed by atoms with E-state index in [9.17, 15) is 0 Å². The minimum atomic E-state index is 0.617. The molecule has 20 heavy (non-hydrogen) atoms. The lowest BCUT2D eigenvalue weighted by Crippen LogP contribution is -2.39. The van der Waals surface area contributed by atoms with Gasteiger partial charge in [-0.05, 0) is 44.3 Å². The molecule has 1 aromatic carbocycles. The third kappa shape index (κ3) is 4.58. The molecular formula is C17H28N2O. The normalized spacial score (nSPS) is 21.2. The average molecular weight is 276 g/mol. The van der Waals surface area contributed by atoms with E-state index < -0.39 is 0 Å². The summed E-state index contributed by atoms with van der Waals surface area (Å²) in [5.74, 6) is 0.715. The minimum Gasteiger partial charge on any atom is -0.385 e. The molecule has 2 atom stereocenters. The number of rotatable bonds is 8. The van der Waals surface area contributed by atoms with Gasteiger partial charge in [-0.1, -0.05) is 30.3 Å². The summed E-state index contributed by atoms with van der Waals surface area (Å²) in [7, 11) is 1.76. The molecule has 0 bridgehead atoms. The van der Waals surface area contributed by atoms with Crippen molar-refractivity contribution in [3.8, 4) is 0 Å². The zero-order valence-corrected chi connectivity index (χ0v) is 12.8. The number of nitrogens with one attached hydrogen (secondary N) is 1. The van der Waals surface area contributed by atoms with Gasteiger partial charge in [-0.2, -0.15) is 0 Å². The number of likely N-dealkylation sites (tertiary alicyclic amines) is 1. The van der Waals surface area contributed by atoms with Crippen LogP contribution in [0, 0.1) is 0 Å². The first-order valence-electron chi connectivity index (χ1n) is 7.80. The lowest BCUT2D eigenvalue weighted by atomic mass is 9.99. The van der Waals surface area contributed by atoms with E-state index in [0.29, 0.717) is 12.0 Å². The van der Waals surface area contributed by atoms with Crippen molar-refractivity contribution in [3.63, 3.8) is 0 Å². The van der Waals surface area contributed by atoms with Crippen molar-refractivity contribution in [2.24, 2.45) is 0 Å². The third-order valence-electron chi connectivity index (χ3n) is 4.26. The van der Waals surface area contributed by atoms with Crippen LogP contribution in [0.15, 0.2) is 30.3 Å². The Balaban J connectivity index is 1.69. The Kier molecular flexibility index (Phi) is 6.51. The van der Waals surface area contributed by atoms with Gasteiger partial charge in [0.15, 0.2) is 0 Å². The molecule has 1 fully saturated rings. The molecule has 2 unspecified atom stereocenters. The molecule has 112 valence electrons. The first kappa shape index (κ1) is 15.5. The highest BCUT2D eigenvalue weighted by atomic mass is 16.5.